The third-order valence-corrected chi connectivity index (χ3v) is 7.78. The van der Waals surface area contributed by atoms with Gasteiger partial charge in [0.1, 0.15) is 18.0 Å². The molecule has 1 amide bonds. The largest absolute Gasteiger partial charge is 0.490 e. The molecule has 1 saturated heterocycles. The van der Waals surface area contributed by atoms with Crippen molar-refractivity contribution in [2.45, 2.75) is 78.4 Å². The van der Waals surface area contributed by atoms with Crippen molar-refractivity contribution in [3.8, 4) is 5.75 Å². The molecular formula is C27H44N2O4. The summed E-state index contributed by atoms with van der Waals surface area (Å²) in [6.07, 6.45) is 3.60. The SMILES string of the molecule is CC(=O)N1CCN(CC2(O)CCC(C(C)(C)C)CC2)CC(O)(COc2ccc(C)c(C)c2)C1. The highest BCUT2D eigenvalue weighted by Gasteiger charge is 2.42. The van der Waals surface area contributed by atoms with Crippen LogP contribution in [0.15, 0.2) is 18.2 Å². The van der Waals surface area contributed by atoms with Crippen LogP contribution in [0.25, 0.3) is 0 Å². The second-order valence-electron chi connectivity index (χ2n) is 11.8. The molecule has 1 aliphatic heterocycles. The van der Waals surface area contributed by atoms with Gasteiger partial charge in [-0.05, 0) is 74.1 Å². The van der Waals surface area contributed by atoms with Gasteiger partial charge in [0.2, 0.25) is 5.91 Å². The van der Waals surface area contributed by atoms with E-state index in [0.29, 0.717) is 32.1 Å². The normalized spacial score (nSPS) is 29.6. The molecule has 0 spiro atoms. The molecule has 1 saturated carbocycles. The van der Waals surface area contributed by atoms with Gasteiger partial charge in [0, 0.05) is 33.1 Å². The van der Waals surface area contributed by atoms with Crippen LogP contribution in [-0.4, -0.2) is 76.5 Å². The standard InChI is InChI=1S/C27H44N2O4/c1-20-7-8-24(15-21(20)2)33-19-27(32)17-28(13-14-29(18-27)22(3)30)16-26(31)11-9-23(10-12-26)25(4,5)6/h7-8,15,23,31-32H,9-14,16-19H2,1-6H3. The van der Waals surface area contributed by atoms with Crippen molar-refractivity contribution < 1.29 is 19.7 Å². The number of β-amino-alcohol motifs (C(OH)–C–C–N with tert-alkyl or cyclic N) is 2. The highest BCUT2D eigenvalue weighted by molar-refractivity contribution is 5.73. The Morgan fingerprint density at radius 2 is 1.73 bits per heavy atom. The summed E-state index contributed by atoms with van der Waals surface area (Å²) in [6.45, 7) is 14.9. The van der Waals surface area contributed by atoms with E-state index in [9.17, 15) is 15.0 Å². The molecule has 2 N–H and O–H groups in total. The topological polar surface area (TPSA) is 73.2 Å². The summed E-state index contributed by atoms with van der Waals surface area (Å²) in [7, 11) is 0. The second-order valence-corrected chi connectivity index (χ2v) is 11.8. The Hall–Kier alpha value is -1.63. The predicted octanol–water partition coefficient (Wildman–Crippen LogP) is 3.54. The van der Waals surface area contributed by atoms with E-state index in [2.05, 4.69) is 32.6 Å². The Morgan fingerprint density at radius 3 is 2.30 bits per heavy atom. The fraction of sp³-hybridized carbons (Fsp3) is 0.741. The van der Waals surface area contributed by atoms with Gasteiger partial charge in [0.15, 0.2) is 0 Å². The van der Waals surface area contributed by atoms with Gasteiger partial charge in [0.25, 0.3) is 0 Å². The molecule has 3 rings (SSSR count). The van der Waals surface area contributed by atoms with Gasteiger partial charge in [-0.15, -0.1) is 0 Å². The van der Waals surface area contributed by atoms with Crippen molar-refractivity contribution in [3.05, 3.63) is 29.3 Å². The first kappa shape index (κ1) is 26.0. The Labute approximate surface area is 199 Å². The van der Waals surface area contributed by atoms with Crippen molar-refractivity contribution in [1.29, 1.82) is 0 Å². The van der Waals surface area contributed by atoms with Crippen LogP contribution in [-0.2, 0) is 4.79 Å². The lowest BCUT2D eigenvalue weighted by Crippen LogP contribution is -2.54. The number of nitrogens with zero attached hydrogens (tertiary/aromatic N) is 2. The van der Waals surface area contributed by atoms with Gasteiger partial charge in [0.05, 0.1) is 12.1 Å². The highest BCUT2D eigenvalue weighted by Crippen LogP contribution is 2.41. The molecule has 6 heteroatoms. The fourth-order valence-electron chi connectivity index (χ4n) is 5.35. The van der Waals surface area contributed by atoms with Gasteiger partial charge in [-0.3, -0.25) is 9.69 Å². The lowest BCUT2D eigenvalue weighted by molar-refractivity contribution is -0.132. The first-order chi connectivity index (χ1) is 15.3. The third kappa shape index (κ3) is 6.93. The Balaban J connectivity index is 1.68. The number of aryl methyl sites for hydroxylation is 2. The van der Waals surface area contributed by atoms with Crippen LogP contribution >= 0.6 is 0 Å². The predicted molar refractivity (Wildman–Crippen MR) is 131 cm³/mol. The summed E-state index contributed by atoms with van der Waals surface area (Å²) in [5.41, 5.74) is 0.639. The maximum atomic E-state index is 12.2. The van der Waals surface area contributed by atoms with E-state index in [1.165, 1.54) is 5.56 Å². The number of carbonyl (C=O) groups excluding carboxylic acids is 1. The van der Waals surface area contributed by atoms with Crippen LogP contribution in [0.1, 0.15) is 64.5 Å². The van der Waals surface area contributed by atoms with E-state index in [4.69, 9.17) is 4.74 Å². The Kier molecular flexibility index (Phi) is 7.82. The highest BCUT2D eigenvalue weighted by atomic mass is 16.5. The molecular weight excluding hydrogens is 416 g/mol. The minimum Gasteiger partial charge on any atom is -0.490 e. The zero-order valence-electron chi connectivity index (χ0n) is 21.5. The summed E-state index contributed by atoms with van der Waals surface area (Å²) >= 11 is 0. The van der Waals surface area contributed by atoms with Gasteiger partial charge in [-0.25, -0.2) is 0 Å². The maximum absolute atomic E-state index is 12.2. The van der Waals surface area contributed by atoms with E-state index in [1.807, 2.05) is 25.1 Å². The number of amides is 1. The van der Waals surface area contributed by atoms with Crippen molar-refractivity contribution in [1.82, 2.24) is 9.80 Å². The number of hydrogen-bond donors (Lipinski definition) is 2. The third-order valence-electron chi connectivity index (χ3n) is 7.78. The molecule has 1 aromatic carbocycles. The van der Waals surface area contributed by atoms with E-state index in [1.54, 1.807) is 11.8 Å². The van der Waals surface area contributed by atoms with E-state index in [0.717, 1.165) is 37.0 Å². The van der Waals surface area contributed by atoms with Gasteiger partial charge in [-0.1, -0.05) is 26.8 Å². The summed E-state index contributed by atoms with van der Waals surface area (Å²) in [4.78, 5) is 16.0. The molecule has 0 radical (unpaired) electrons. The number of carbonyl (C=O) groups is 1. The summed E-state index contributed by atoms with van der Waals surface area (Å²) < 4.78 is 6.01. The average Bonchev–Trinajstić information content (AvgIpc) is 2.87. The monoisotopic (exact) mass is 460 g/mol. The molecule has 0 aromatic heterocycles. The number of benzene rings is 1. The van der Waals surface area contributed by atoms with Crippen molar-refractivity contribution in [2.75, 3.05) is 39.3 Å². The molecule has 1 aromatic rings. The van der Waals surface area contributed by atoms with Crippen LogP contribution in [0.2, 0.25) is 0 Å². The quantitative estimate of drug-likeness (QED) is 0.703. The van der Waals surface area contributed by atoms with Crippen LogP contribution in [0.3, 0.4) is 0 Å². The second kappa shape index (κ2) is 9.93. The number of hydrogen-bond acceptors (Lipinski definition) is 5. The zero-order valence-corrected chi connectivity index (χ0v) is 21.5. The maximum Gasteiger partial charge on any atom is 0.219 e. The Bertz CT molecular complexity index is 826. The summed E-state index contributed by atoms with van der Waals surface area (Å²) in [5, 5.41) is 22.9. The van der Waals surface area contributed by atoms with Crippen LogP contribution in [0.5, 0.6) is 5.75 Å². The van der Waals surface area contributed by atoms with Gasteiger partial charge >= 0.3 is 0 Å². The lowest BCUT2D eigenvalue weighted by atomic mass is 9.68. The average molecular weight is 461 g/mol. The smallest absolute Gasteiger partial charge is 0.219 e. The molecule has 2 fully saturated rings. The molecule has 1 heterocycles. The molecule has 33 heavy (non-hydrogen) atoms. The number of aliphatic hydroxyl groups is 2. The zero-order chi connectivity index (χ0) is 24.4. The van der Waals surface area contributed by atoms with Crippen molar-refractivity contribution >= 4 is 5.91 Å². The fourth-order valence-corrected chi connectivity index (χ4v) is 5.35. The van der Waals surface area contributed by atoms with Crippen molar-refractivity contribution in [3.63, 3.8) is 0 Å². The van der Waals surface area contributed by atoms with Gasteiger partial charge < -0.3 is 19.8 Å². The van der Waals surface area contributed by atoms with E-state index in [-0.39, 0.29) is 24.5 Å². The molecule has 1 aliphatic carbocycles. The van der Waals surface area contributed by atoms with Gasteiger partial charge in [-0.2, -0.15) is 0 Å². The molecule has 1 atom stereocenters. The minimum absolute atomic E-state index is 0.0501. The lowest BCUT2D eigenvalue weighted by Gasteiger charge is -2.43. The molecule has 186 valence electrons. The first-order valence-corrected chi connectivity index (χ1v) is 12.4. The Morgan fingerprint density at radius 1 is 1.06 bits per heavy atom. The van der Waals surface area contributed by atoms with E-state index < -0.39 is 11.2 Å². The summed E-state index contributed by atoms with van der Waals surface area (Å²) in [5.74, 6) is 1.29. The molecule has 6 nitrogen and oxygen atoms in total. The number of ether oxygens (including phenoxy) is 1. The number of rotatable bonds is 5. The van der Waals surface area contributed by atoms with Crippen LogP contribution in [0.4, 0.5) is 0 Å². The van der Waals surface area contributed by atoms with Crippen molar-refractivity contribution in [2.24, 2.45) is 11.3 Å². The molecule has 0 bridgehead atoms. The summed E-state index contributed by atoms with van der Waals surface area (Å²) in [6, 6.07) is 5.91. The van der Waals surface area contributed by atoms with E-state index >= 15 is 0 Å². The molecule has 1 unspecified atom stereocenters. The molecule has 2 aliphatic rings. The first-order valence-electron chi connectivity index (χ1n) is 12.4. The minimum atomic E-state index is -1.21. The van der Waals surface area contributed by atoms with Crippen LogP contribution < -0.4 is 4.74 Å². The van der Waals surface area contributed by atoms with Crippen LogP contribution in [0, 0.1) is 25.2 Å².